The van der Waals surface area contributed by atoms with Crippen LogP contribution in [0.1, 0.15) is 44.5 Å². The zero-order valence-corrected chi connectivity index (χ0v) is 21.2. The van der Waals surface area contributed by atoms with E-state index in [4.69, 9.17) is 4.84 Å². The van der Waals surface area contributed by atoms with Crippen LogP contribution < -0.4 is 15.5 Å². The molecule has 190 valence electrons. The van der Waals surface area contributed by atoms with Gasteiger partial charge in [0.2, 0.25) is 5.91 Å². The molecule has 1 unspecified atom stereocenters. The number of amides is 1. The number of hydrogen-bond donors (Lipinski definition) is 2. The minimum atomic E-state index is -0.133. The van der Waals surface area contributed by atoms with E-state index in [1.165, 1.54) is 12.8 Å². The van der Waals surface area contributed by atoms with Gasteiger partial charge in [0, 0.05) is 58.4 Å². The predicted octanol–water partition coefficient (Wildman–Crippen LogP) is 2.46. The standard InChI is InChI=1S/C26H39N7O2/c1-5-7-20(6-2)25(34)29-17-19-8-9-21(16-19)32-12-14-33(15-13-32)22-10-11-23(28-18-22)24-30-26(27-3)35-31(24)4/h5,7,10-11,18-19,21,24H,1,6,8-9,12-17H2,2-4H3,(H,27,30)(H,29,34)/b20-7-/t19-,21+,24?/m1/s1. The molecular weight excluding hydrogens is 442 g/mol. The quantitative estimate of drug-likeness (QED) is 0.436. The van der Waals surface area contributed by atoms with Crippen LogP contribution in [0.4, 0.5) is 5.69 Å². The highest BCUT2D eigenvalue weighted by atomic mass is 16.7. The van der Waals surface area contributed by atoms with E-state index in [9.17, 15) is 4.79 Å². The van der Waals surface area contributed by atoms with Crippen LogP contribution in [0.15, 0.2) is 47.6 Å². The number of hydroxylamine groups is 2. The maximum atomic E-state index is 12.3. The second-order valence-corrected chi connectivity index (χ2v) is 9.50. The van der Waals surface area contributed by atoms with Gasteiger partial charge in [-0.1, -0.05) is 25.7 Å². The number of pyridine rings is 1. The highest BCUT2D eigenvalue weighted by molar-refractivity contribution is 5.93. The number of anilines is 1. The van der Waals surface area contributed by atoms with Gasteiger partial charge in [-0.05, 0) is 43.7 Å². The predicted molar refractivity (Wildman–Crippen MR) is 139 cm³/mol. The molecule has 9 nitrogen and oxygen atoms in total. The lowest BCUT2D eigenvalue weighted by molar-refractivity contribution is -0.117. The van der Waals surface area contributed by atoms with E-state index in [2.05, 4.69) is 49.1 Å². The van der Waals surface area contributed by atoms with Crippen molar-refractivity contribution in [2.24, 2.45) is 10.9 Å². The number of nitrogens with zero attached hydrogens (tertiary/aromatic N) is 5. The number of carbonyl (C=O) groups excluding carboxylic acids is 1. The van der Waals surface area contributed by atoms with E-state index in [1.807, 2.05) is 26.2 Å². The first-order valence-corrected chi connectivity index (χ1v) is 12.7. The molecule has 0 bridgehead atoms. The SMILES string of the molecule is C=C/C=C(/CC)C(=O)NC[C@@H]1CC[C@H](N2CCN(c3ccc(C4NC(=NC)ON4C)nc3)CC2)C1. The minimum absolute atomic E-state index is 0.0471. The van der Waals surface area contributed by atoms with Crippen LogP contribution in [0.3, 0.4) is 0 Å². The monoisotopic (exact) mass is 481 g/mol. The summed E-state index contributed by atoms with van der Waals surface area (Å²) in [7, 11) is 3.57. The van der Waals surface area contributed by atoms with Gasteiger partial charge in [-0.15, -0.1) is 5.06 Å². The molecule has 2 saturated heterocycles. The molecule has 1 amide bonds. The van der Waals surface area contributed by atoms with E-state index in [0.717, 1.165) is 62.5 Å². The summed E-state index contributed by atoms with van der Waals surface area (Å²) in [5, 5.41) is 8.08. The number of rotatable bonds is 8. The molecule has 1 aromatic rings. The molecule has 3 heterocycles. The molecule has 0 aromatic carbocycles. The summed E-state index contributed by atoms with van der Waals surface area (Å²) in [5.74, 6) is 0.607. The molecule has 3 aliphatic rings. The summed E-state index contributed by atoms with van der Waals surface area (Å²) < 4.78 is 0. The summed E-state index contributed by atoms with van der Waals surface area (Å²) in [6, 6.07) is 5.33. The van der Waals surface area contributed by atoms with Gasteiger partial charge >= 0.3 is 6.02 Å². The lowest BCUT2D eigenvalue weighted by Crippen LogP contribution is -2.50. The van der Waals surface area contributed by atoms with E-state index in [0.29, 0.717) is 18.0 Å². The molecule has 0 spiro atoms. The Hall–Kier alpha value is -2.91. The summed E-state index contributed by atoms with van der Waals surface area (Å²) in [4.78, 5) is 31.7. The lowest BCUT2D eigenvalue weighted by atomic mass is 10.1. The number of piperazine rings is 1. The molecule has 2 N–H and O–H groups in total. The number of aliphatic imine (C=N–C) groups is 1. The van der Waals surface area contributed by atoms with Crippen LogP contribution in [0.2, 0.25) is 0 Å². The second kappa shape index (κ2) is 11.7. The van der Waals surface area contributed by atoms with Gasteiger partial charge in [-0.2, -0.15) is 0 Å². The highest BCUT2D eigenvalue weighted by Crippen LogP contribution is 2.30. The van der Waals surface area contributed by atoms with Gasteiger partial charge in [-0.3, -0.25) is 14.7 Å². The smallest absolute Gasteiger partial charge is 0.306 e. The Balaban J connectivity index is 1.22. The van der Waals surface area contributed by atoms with Crippen LogP contribution in [-0.2, 0) is 9.63 Å². The van der Waals surface area contributed by atoms with E-state index >= 15 is 0 Å². The Morgan fingerprint density at radius 1 is 1.31 bits per heavy atom. The molecule has 35 heavy (non-hydrogen) atoms. The Labute approximate surface area is 208 Å². The minimum Gasteiger partial charge on any atom is -0.368 e. The highest BCUT2D eigenvalue weighted by Gasteiger charge is 2.32. The van der Waals surface area contributed by atoms with Crippen LogP contribution in [0.5, 0.6) is 0 Å². The van der Waals surface area contributed by atoms with Crippen molar-refractivity contribution in [1.29, 1.82) is 0 Å². The molecule has 1 aliphatic carbocycles. The van der Waals surface area contributed by atoms with Crippen molar-refractivity contribution in [3.05, 3.63) is 48.3 Å². The number of aromatic nitrogens is 1. The lowest BCUT2D eigenvalue weighted by Gasteiger charge is -2.39. The molecular formula is C26H39N7O2. The van der Waals surface area contributed by atoms with Crippen molar-refractivity contribution in [2.45, 2.75) is 44.8 Å². The van der Waals surface area contributed by atoms with E-state index in [1.54, 1.807) is 18.2 Å². The van der Waals surface area contributed by atoms with Crippen molar-refractivity contribution in [2.75, 3.05) is 51.7 Å². The van der Waals surface area contributed by atoms with E-state index in [-0.39, 0.29) is 12.1 Å². The molecule has 0 radical (unpaired) electrons. The Morgan fingerprint density at radius 3 is 2.74 bits per heavy atom. The van der Waals surface area contributed by atoms with Gasteiger partial charge < -0.3 is 20.4 Å². The molecule has 1 aromatic heterocycles. The number of carbonyl (C=O) groups is 1. The van der Waals surface area contributed by atoms with Crippen molar-refractivity contribution < 1.29 is 9.63 Å². The number of hydrogen-bond acceptors (Lipinski definition) is 7. The van der Waals surface area contributed by atoms with Crippen LogP contribution >= 0.6 is 0 Å². The summed E-state index contributed by atoms with van der Waals surface area (Å²) >= 11 is 0. The largest absolute Gasteiger partial charge is 0.368 e. The Kier molecular flexibility index (Phi) is 8.41. The van der Waals surface area contributed by atoms with Crippen LogP contribution in [0.25, 0.3) is 0 Å². The fraction of sp³-hybridized carbons (Fsp3) is 0.577. The fourth-order valence-corrected chi connectivity index (χ4v) is 5.29. The summed E-state index contributed by atoms with van der Waals surface area (Å²) in [6.07, 6.45) is 9.61. The third-order valence-corrected chi connectivity index (χ3v) is 7.36. The fourth-order valence-electron chi connectivity index (χ4n) is 5.29. The number of nitrogens with one attached hydrogen (secondary N) is 2. The Bertz CT molecular complexity index is 938. The van der Waals surface area contributed by atoms with Crippen LogP contribution in [-0.4, -0.2) is 79.7 Å². The summed E-state index contributed by atoms with van der Waals surface area (Å²) in [5.41, 5.74) is 2.86. The maximum absolute atomic E-state index is 12.3. The van der Waals surface area contributed by atoms with Gasteiger partial charge in [0.05, 0.1) is 17.6 Å². The number of allylic oxidation sites excluding steroid dienone is 2. The van der Waals surface area contributed by atoms with Crippen molar-refractivity contribution >= 4 is 17.6 Å². The first kappa shape index (κ1) is 25.2. The first-order valence-electron chi connectivity index (χ1n) is 12.7. The third-order valence-electron chi connectivity index (χ3n) is 7.36. The van der Waals surface area contributed by atoms with Gasteiger partial charge in [-0.25, -0.2) is 4.99 Å². The van der Waals surface area contributed by atoms with Crippen molar-refractivity contribution in [3.63, 3.8) is 0 Å². The maximum Gasteiger partial charge on any atom is 0.306 e. The van der Waals surface area contributed by atoms with Gasteiger partial charge in [0.1, 0.15) is 0 Å². The van der Waals surface area contributed by atoms with Crippen molar-refractivity contribution in [3.8, 4) is 0 Å². The van der Waals surface area contributed by atoms with Crippen LogP contribution in [0, 0.1) is 5.92 Å². The topological polar surface area (TPSA) is 85.3 Å². The van der Waals surface area contributed by atoms with Crippen molar-refractivity contribution in [1.82, 2.24) is 25.6 Å². The average molecular weight is 482 g/mol. The zero-order valence-electron chi connectivity index (χ0n) is 21.2. The molecule has 4 rings (SSSR count). The molecule has 3 atom stereocenters. The zero-order chi connectivity index (χ0) is 24.8. The van der Waals surface area contributed by atoms with E-state index < -0.39 is 0 Å². The normalized spacial score (nSPS) is 27.1. The molecule has 2 aliphatic heterocycles. The first-order chi connectivity index (χ1) is 17.0. The molecule has 9 heteroatoms. The van der Waals surface area contributed by atoms with Gasteiger partial charge in [0.15, 0.2) is 6.17 Å². The third kappa shape index (κ3) is 6.02. The molecule has 3 fully saturated rings. The molecule has 1 saturated carbocycles. The average Bonchev–Trinajstić information content (AvgIpc) is 3.52. The Morgan fingerprint density at radius 2 is 2.11 bits per heavy atom. The summed E-state index contributed by atoms with van der Waals surface area (Å²) in [6.45, 7) is 10.6. The number of amidine groups is 1. The van der Waals surface area contributed by atoms with Gasteiger partial charge in [0.25, 0.3) is 0 Å². The second-order valence-electron chi connectivity index (χ2n) is 9.50.